The lowest BCUT2D eigenvalue weighted by atomic mass is 10.0. The first-order valence-electron chi connectivity index (χ1n) is 6.53. The summed E-state index contributed by atoms with van der Waals surface area (Å²) in [7, 11) is 0. The Labute approximate surface area is 112 Å². The number of nitrogens with zero attached hydrogens (tertiary/aromatic N) is 2. The Morgan fingerprint density at radius 1 is 1.53 bits per heavy atom. The molecular formula is C14H17N3O2. The van der Waals surface area contributed by atoms with Crippen LogP contribution in [-0.4, -0.2) is 11.5 Å². The Morgan fingerprint density at radius 3 is 2.79 bits per heavy atom. The number of nitro groups is 1. The molecule has 19 heavy (non-hydrogen) atoms. The molecule has 0 radical (unpaired) electrons. The van der Waals surface area contributed by atoms with E-state index in [1.54, 1.807) is 12.1 Å². The van der Waals surface area contributed by atoms with Crippen molar-refractivity contribution in [2.75, 3.05) is 11.9 Å². The van der Waals surface area contributed by atoms with Gasteiger partial charge in [0.15, 0.2) is 0 Å². The van der Waals surface area contributed by atoms with Gasteiger partial charge >= 0.3 is 0 Å². The SMILES string of the molecule is CCCC1(CNc2ccc([N+](=O)[O-])c(C#N)c2)CC1. The molecule has 0 spiro atoms. The van der Waals surface area contributed by atoms with E-state index in [0.717, 1.165) is 12.2 Å². The molecule has 1 N–H and O–H groups in total. The summed E-state index contributed by atoms with van der Waals surface area (Å²) in [5, 5.41) is 23.0. The van der Waals surface area contributed by atoms with Crippen molar-refractivity contribution in [1.29, 1.82) is 5.26 Å². The molecule has 1 saturated carbocycles. The lowest BCUT2D eigenvalue weighted by Crippen LogP contribution is -2.15. The van der Waals surface area contributed by atoms with Crippen LogP contribution in [0.25, 0.3) is 0 Å². The maximum Gasteiger partial charge on any atom is 0.287 e. The van der Waals surface area contributed by atoms with Gasteiger partial charge in [-0.3, -0.25) is 10.1 Å². The second kappa shape index (κ2) is 5.27. The molecule has 0 bridgehead atoms. The Kier molecular flexibility index (Phi) is 3.70. The van der Waals surface area contributed by atoms with Gasteiger partial charge in [-0.15, -0.1) is 0 Å². The lowest BCUT2D eigenvalue weighted by Gasteiger charge is -2.15. The predicted molar refractivity (Wildman–Crippen MR) is 72.9 cm³/mol. The third-order valence-corrected chi connectivity index (χ3v) is 3.72. The lowest BCUT2D eigenvalue weighted by molar-refractivity contribution is -0.385. The Bertz CT molecular complexity index is 530. The Morgan fingerprint density at radius 2 is 2.26 bits per heavy atom. The van der Waals surface area contributed by atoms with Crippen LogP contribution in [0.5, 0.6) is 0 Å². The monoisotopic (exact) mass is 259 g/mol. The molecule has 0 saturated heterocycles. The van der Waals surface area contributed by atoms with Crippen LogP contribution in [0.15, 0.2) is 18.2 Å². The van der Waals surface area contributed by atoms with Crippen molar-refractivity contribution in [2.45, 2.75) is 32.6 Å². The average molecular weight is 259 g/mol. The summed E-state index contributed by atoms with van der Waals surface area (Å²) in [5.41, 5.74) is 1.16. The molecule has 5 nitrogen and oxygen atoms in total. The van der Waals surface area contributed by atoms with E-state index >= 15 is 0 Å². The van der Waals surface area contributed by atoms with Crippen LogP contribution in [0.1, 0.15) is 38.2 Å². The van der Waals surface area contributed by atoms with Crippen LogP contribution in [0, 0.1) is 26.9 Å². The zero-order chi connectivity index (χ0) is 13.9. The van der Waals surface area contributed by atoms with Crippen LogP contribution in [0.4, 0.5) is 11.4 Å². The largest absolute Gasteiger partial charge is 0.384 e. The van der Waals surface area contributed by atoms with Gasteiger partial charge in [0.2, 0.25) is 0 Å². The third kappa shape index (κ3) is 3.02. The number of hydrogen-bond donors (Lipinski definition) is 1. The van der Waals surface area contributed by atoms with Crippen LogP contribution in [0.3, 0.4) is 0 Å². The van der Waals surface area contributed by atoms with E-state index in [1.807, 2.05) is 6.07 Å². The number of nitro benzene ring substituents is 1. The number of hydrogen-bond acceptors (Lipinski definition) is 4. The predicted octanol–water partition coefficient (Wildman–Crippen LogP) is 3.46. The average Bonchev–Trinajstić information content (AvgIpc) is 3.16. The van der Waals surface area contributed by atoms with Crippen LogP contribution in [0.2, 0.25) is 0 Å². The highest BCUT2D eigenvalue weighted by atomic mass is 16.6. The molecule has 1 aromatic rings. The minimum absolute atomic E-state index is 0.107. The van der Waals surface area contributed by atoms with Gasteiger partial charge in [0.25, 0.3) is 5.69 Å². The van der Waals surface area contributed by atoms with Crippen molar-refractivity contribution in [3.8, 4) is 6.07 Å². The van der Waals surface area contributed by atoms with E-state index in [2.05, 4.69) is 12.2 Å². The molecule has 0 atom stereocenters. The molecule has 5 heteroatoms. The smallest absolute Gasteiger partial charge is 0.287 e. The summed E-state index contributed by atoms with van der Waals surface area (Å²) in [6, 6.07) is 6.49. The van der Waals surface area contributed by atoms with E-state index < -0.39 is 4.92 Å². The fraction of sp³-hybridized carbons (Fsp3) is 0.500. The zero-order valence-corrected chi connectivity index (χ0v) is 11.0. The first kappa shape index (κ1) is 13.3. The molecule has 2 rings (SSSR count). The standard InChI is InChI=1S/C14H17N3O2/c1-2-5-14(6-7-14)10-16-12-3-4-13(17(18)19)11(8-12)9-15/h3-4,8,16H,2,5-7,10H2,1H3. The van der Waals surface area contributed by atoms with Crippen molar-refractivity contribution in [2.24, 2.45) is 5.41 Å². The summed E-state index contributed by atoms with van der Waals surface area (Å²) in [6.45, 7) is 3.06. The molecule has 0 amide bonds. The van der Waals surface area contributed by atoms with Crippen molar-refractivity contribution in [3.63, 3.8) is 0 Å². The highest BCUT2D eigenvalue weighted by Gasteiger charge is 2.41. The fourth-order valence-electron chi connectivity index (χ4n) is 2.41. The maximum absolute atomic E-state index is 10.7. The quantitative estimate of drug-likeness (QED) is 0.626. The van der Waals surface area contributed by atoms with E-state index in [9.17, 15) is 10.1 Å². The van der Waals surface area contributed by atoms with Crippen molar-refractivity contribution in [3.05, 3.63) is 33.9 Å². The normalized spacial score (nSPS) is 15.6. The summed E-state index contributed by atoms with van der Waals surface area (Å²) in [4.78, 5) is 10.2. The molecular weight excluding hydrogens is 242 g/mol. The summed E-state index contributed by atoms with van der Waals surface area (Å²) in [6.07, 6.45) is 4.86. The third-order valence-electron chi connectivity index (χ3n) is 3.72. The number of benzene rings is 1. The van der Waals surface area contributed by atoms with E-state index in [0.29, 0.717) is 5.41 Å². The molecule has 1 aliphatic rings. The topological polar surface area (TPSA) is 79.0 Å². The second-order valence-corrected chi connectivity index (χ2v) is 5.20. The van der Waals surface area contributed by atoms with Gasteiger partial charge in [-0.25, -0.2) is 0 Å². The number of rotatable bonds is 6. The minimum Gasteiger partial charge on any atom is -0.384 e. The molecule has 1 aromatic carbocycles. The molecule has 0 unspecified atom stereocenters. The summed E-state index contributed by atoms with van der Waals surface area (Å²) < 4.78 is 0. The highest BCUT2D eigenvalue weighted by Crippen LogP contribution is 2.49. The van der Waals surface area contributed by atoms with Crippen molar-refractivity contribution in [1.82, 2.24) is 0 Å². The van der Waals surface area contributed by atoms with Gasteiger partial charge in [-0.2, -0.15) is 5.26 Å². The van der Waals surface area contributed by atoms with Gasteiger partial charge in [-0.05, 0) is 36.8 Å². The number of anilines is 1. The van der Waals surface area contributed by atoms with Gasteiger partial charge in [0.05, 0.1) is 4.92 Å². The number of nitriles is 1. The first-order valence-corrected chi connectivity index (χ1v) is 6.53. The van der Waals surface area contributed by atoms with Crippen molar-refractivity contribution < 1.29 is 4.92 Å². The molecule has 0 aliphatic heterocycles. The van der Waals surface area contributed by atoms with Crippen LogP contribution in [-0.2, 0) is 0 Å². The molecule has 0 aromatic heterocycles. The molecule has 1 fully saturated rings. The van der Waals surface area contributed by atoms with Crippen molar-refractivity contribution >= 4 is 11.4 Å². The van der Waals surface area contributed by atoms with E-state index in [1.165, 1.54) is 31.7 Å². The van der Waals surface area contributed by atoms with E-state index in [4.69, 9.17) is 5.26 Å². The maximum atomic E-state index is 10.7. The number of nitrogens with one attached hydrogen (secondary N) is 1. The minimum atomic E-state index is -0.526. The Hall–Kier alpha value is -2.09. The summed E-state index contributed by atoms with van der Waals surface area (Å²) >= 11 is 0. The zero-order valence-electron chi connectivity index (χ0n) is 11.0. The Balaban J connectivity index is 2.06. The molecule has 100 valence electrons. The highest BCUT2D eigenvalue weighted by molar-refractivity contribution is 5.58. The van der Waals surface area contributed by atoms with Gasteiger partial charge in [0.1, 0.15) is 11.6 Å². The second-order valence-electron chi connectivity index (χ2n) is 5.20. The van der Waals surface area contributed by atoms with Gasteiger partial charge in [0, 0.05) is 18.3 Å². The fourth-order valence-corrected chi connectivity index (χ4v) is 2.41. The van der Waals surface area contributed by atoms with Gasteiger partial charge < -0.3 is 5.32 Å². The van der Waals surface area contributed by atoms with Crippen LogP contribution >= 0.6 is 0 Å². The van der Waals surface area contributed by atoms with Crippen LogP contribution < -0.4 is 5.32 Å². The van der Waals surface area contributed by atoms with E-state index in [-0.39, 0.29) is 11.3 Å². The van der Waals surface area contributed by atoms with Gasteiger partial charge in [-0.1, -0.05) is 13.3 Å². The summed E-state index contributed by atoms with van der Waals surface area (Å²) in [5.74, 6) is 0. The molecule has 0 heterocycles. The first-order chi connectivity index (χ1) is 9.10. The molecule has 1 aliphatic carbocycles.